The van der Waals surface area contributed by atoms with Gasteiger partial charge in [0.1, 0.15) is 0 Å². The molecule has 0 aliphatic carbocycles. The zero-order valence-electron chi connectivity index (χ0n) is 12.8. The Morgan fingerprint density at radius 3 is 2.70 bits per heavy atom. The number of hydrogen-bond acceptors (Lipinski definition) is 3. The van der Waals surface area contributed by atoms with Gasteiger partial charge in [0.05, 0.1) is 16.6 Å². The van der Waals surface area contributed by atoms with Crippen LogP contribution in [-0.2, 0) is 4.79 Å². The molecule has 2 rings (SSSR count). The summed E-state index contributed by atoms with van der Waals surface area (Å²) in [6, 6.07) is 10.4. The Balaban J connectivity index is 1.77. The van der Waals surface area contributed by atoms with Gasteiger partial charge in [0.15, 0.2) is 0 Å². The van der Waals surface area contributed by atoms with E-state index in [1.807, 2.05) is 19.1 Å². The van der Waals surface area contributed by atoms with Gasteiger partial charge >= 0.3 is 0 Å². The minimum atomic E-state index is -0.288. The maximum atomic E-state index is 12.0. The highest BCUT2D eigenvalue weighted by Crippen LogP contribution is 2.14. The Morgan fingerprint density at radius 1 is 1.22 bits per heavy atom. The first-order valence-electron chi connectivity index (χ1n) is 7.30. The van der Waals surface area contributed by atoms with Crippen LogP contribution in [-0.4, -0.2) is 23.3 Å². The highest BCUT2D eigenvalue weighted by Gasteiger charge is 2.12. The van der Waals surface area contributed by atoms with Gasteiger partial charge in [-0.1, -0.05) is 29.8 Å². The molecule has 2 N–H and O–H groups in total. The van der Waals surface area contributed by atoms with E-state index in [-0.39, 0.29) is 30.8 Å². The highest BCUT2D eigenvalue weighted by atomic mass is 35.5. The van der Waals surface area contributed by atoms with E-state index in [1.54, 1.807) is 36.7 Å². The molecule has 1 heterocycles. The molecule has 6 heteroatoms. The van der Waals surface area contributed by atoms with Crippen molar-refractivity contribution in [2.75, 3.05) is 6.54 Å². The fourth-order valence-electron chi connectivity index (χ4n) is 2.06. The lowest BCUT2D eigenvalue weighted by atomic mass is 10.1. The van der Waals surface area contributed by atoms with Crippen LogP contribution in [0.25, 0.3) is 0 Å². The van der Waals surface area contributed by atoms with Gasteiger partial charge in [-0.2, -0.15) is 0 Å². The van der Waals surface area contributed by atoms with E-state index in [2.05, 4.69) is 15.6 Å². The number of halogens is 1. The molecular weight excluding hydrogens is 314 g/mol. The summed E-state index contributed by atoms with van der Waals surface area (Å²) < 4.78 is 0. The summed E-state index contributed by atoms with van der Waals surface area (Å²) >= 11 is 5.95. The van der Waals surface area contributed by atoms with Gasteiger partial charge in [-0.15, -0.1) is 0 Å². The van der Waals surface area contributed by atoms with Crippen molar-refractivity contribution in [3.63, 3.8) is 0 Å². The second-order valence-electron chi connectivity index (χ2n) is 5.06. The predicted molar refractivity (Wildman–Crippen MR) is 89.2 cm³/mol. The molecule has 0 bridgehead atoms. The van der Waals surface area contributed by atoms with Crippen molar-refractivity contribution in [1.82, 2.24) is 15.6 Å². The van der Waals surface area contributed by atoms with Crippen LogP contribution in [0.2, 0.25) is 5.02 Å². The van der Waals surface area contributed by atoms with Gasteiger partial charge in [-0.3, -0.25) is 14.6 Å². The Labute approximate surface area is 140 Å². The van der Waals surface area contributed by atoms with E-state index in [0.717, 1.165) is 5.56 Å². The van der Waals surface area contributed by atoms with Crippen molar-refractivity contribution in [1.29, 1.82) is 0 Å². The second-order valence-corrected chi connectivity index (χ2v) is 5.47. The third-order valence-corrected chi connectivity index (χ3v) is 3.65. The molecule has 23 heavy (non-hydrogen) atoms. The third-order valence-electron chi connectivity index (χ3n) is 3.32. The SMILES string of the molecule is CC(NC(=O)CCNC(=O)c1ccccc1Cl)c1cccnc1. The summed E-state index contributed by atoms with van der Waals surface area (Å²) in [5.74, 6) is -0.426. The minimum absolute atomic E-state index is 0.129. The van der Waals surface area contributed by atoms with Crippen molar-refractivity contribution < 1.29 is 9.59 Å². The normalized spacial score (nSPS) is 11.6. The van der Waals surface area contributed by atoms with E-state index in [4.69, 9.17) is 11.6 Å². The first kappa shape index (κ1) is 17.0. The molecule has 1 aromatic heterocycles. The lowest BCUT2D eigenvalue weighted by Crippen LogP contribution is -2.32. The minimum Gasteiger partial charge on any atom is -0.351 e. The lowest BCUT2D eigenvalue weighted by molar-refractivity contribution is -0.121. The highest BCUT2D eigenvalue weighted by molar-refractivity contribution is 6.33. The number of amides is 2. The summed E-state index contributed by atoms with van der Waals surface area (Å²) in [5, 5.41) is 5.94. The van der Waals surface area contributed by atoms with E-state index in [1.165, 1.54) is 0 Å². The third kappa shape index (κ3) is 5.07. The number of aromatic nitrogens is 1. The molecule has 120 valence electrons. The topological polar surface area (TPSA) is 71.1 Å². The van der Waals surface area contributed by atoms with Gasteiger partial charge < -0.3 is 10.6 Å². The Hall–Kier alpha value is -2.40. The van der Waals surface area contributed by atoms with Crippen molar-refractivity contribution in [2.24, 2.45) is 0 Å². The number of benzene rings is 1. The van der Waals surface area contributed by atoms with Gasteiger partial charge in [-0.25, -0.2) is 0 Å². The van der Waals surface area contributed by atoms with Crippen LogP contribution in [0.4, 0.5) is 0 Å². The molecule has 0 fully saturated rings. The van der Waals surface area contributed by atoms with E-state index in [0.29, 0.717) is 10.6 Å². The van der Waals surface area contributed by atoms with Crippen LogP contribution in [0.15, 0.2) is 48.8 Å². The second kappa shape index (κ2) is 8.29. The summed E-state index contributed by atoms with van der Waals surface area (Å²) in [6.45, 7) is 2.13. The number of nitrogens with one attached hydrogen (secondary N) is 2. The van der Waals surface area contributed by atoms with Crippen LogP contribution < -0.4 is 10.6 Å². The van der Waals surface area contributed by atoms with Crippen LogP contribution in [0.5, 0.6) is 0 Å². The smallest absolute Gasteiger partial charge is 0.252 e. The summed E-state index contributed by atoms with van der Waals surface area (Å²) in [5.41, 5.74) is 1.33. The predicted octanol–water partition coefficient (Wildman–Crippen LogP) is 2.73. The van der Waals surface area contributed by atoms with Gasteiger partial charge in [0.25, 0.3) is 5.91 Å². The fourth-order valence-corrected chi connectivity index (χ4v) is 2.28. The van der Waals surface area contributed by atoms with Gasteiger partial charge in [-0.05, 0) is 30.7 Å². The number of rotatable bonds is 6. The average molecular weight is 332 g/mol. The molecular formula is C17H18ClN3O2. The first-order chi connectivity index (χ1) is 11.1. The molecule has 0 saturated heterocycles. The summed E-state index contributed by atoms with van der Waals surface area (Å²) in [6.07, 6.45) is 3.59. The number of hydrogen-bond donors (Lipinski definition) is 2. The quantitative estimate of drug-likeness (QED) is 0.855. The van der Waals surface area contributed by atoms with Gasteiger partial charge in [0.2, 0.25) is 5.91 Å². The zero-order valence-corrected chi connectivity index (χ0v) is 13.5. The zero-order chi connectivity index (χ0) is 16.7. The molecule has 0 radical (unpaired) electrons. The van der Waals surface area contributed by atoms with E-state index in [9.17, 15) is 9.59 Å². The Morgan fingerprint density at radius 2 is 2.00 bits per heavy atom. The summed E-state index contributed by atoms with van der Waals surface area (Å²) in [7, 11) is 0. The average Bonchev–Trinajstić information content (AvgIpc) is 2.56. The number of nitrogens with zero attached hydrogens (tertiary/aromatic N) is 1. The number of carbonyl (C=O) groups excluding carboxylic acids is 2. The number of carbonyl (C=O) groups is 2. The molecule has 2 amide bonds. The van der Waals surface area contributed by atoms with E-state index < -0.39 is 0 Å². The standard InChI is InChI=1S/C17H18ClN3O2/c1-12(13-5-4-9-19-11-13)21-16(22)8-10-20-17(23)14-6-2-3-7-15(14)18/h2-7,9,11-12H,8,10H2,1H3,(H,20,23)(H,21,22). The van der Waals surface area contributed by atoms with Crippen LogP contribution in [0.3, 0.4) is 0 Å². The van der Waals surface area contributed by atoms with Crippen molar-refractivity contribution in [2.45, 2.75) is 19.4 Å². The maximum absolute atomic E-state index is 12.0. The monoisotopic (exact) mass is 331 g/mol. The molecule has 0 spiro atoms. The van der Waals surface area contributed by atoms with Crippen molar-refractivity contribution in [3.05, 3.63) is 64.9 Å². The molecule has 0 aliphatic rings. The van der Waals surface area contributed by atoms with Crippen molar-refractivity contribution >= 4 is 23.4 Å². The van der Waals surface area contributed by atoms with Crippen LogP contribution >= 0.6 is 11.6 Å². The maximum Gasteiger partial charge on any atom is 0.252 e. The van der Waals surface area contributed by atoms with Crippen LogP contribution in [0.1, 0.15) is 35.3 Å². The van der Waals surface area contributed by atoms with Gasteiger partial charge in [0, 0.05) is 25.4 Å². The van der Waals surface area contributed by atoms with E-state index >= 15 is 0 Å². The Bertz CT molecular complexity index is 677. The lowest BCUT2D eigenvalue weighted by Gasteiger charge is -2.14. The summed E-state index contributed by atoms with van der Waals surface area (Å²) in [4.78, 5) is 27.9. The molecule has 2 aromatic rings. The van der Waals surface area contributed by atoms with Crippen LogP contribution in [0, 0.1) is 0 Å². The molecule has 5 nitrogen and oxygen atoms in total. The Kier molecular flexibility index (Phi) is 6.11. The molecule has 1 unspecified atom stereocenters. The first-order valence-corrected chi connectivity index (χ1v) is 7.67. The fraction of sp³-hybridized carbons (Fsp3) is 0.235. The molecule has 0 aliphatic heterocycles. The van der Waals surface area contributed by atoms with Crippen molar-refractivity contribution in [3.8, 4) is 0 Å². The largest absolute Gasteiger partial charge is 0.351 e. The molecule has 0 saturated carbocycles. The number of pyridine rings is 1. The molecule has 1 atom stereocenters. The molecule has 1 aromatic carbocycles.